The summed E-state index contributed by atoms with van der Waals surface area (Å²) in [5.74, 6) is -1.45. The highest BCUT2D eigenvalue weighted by Crippen LogP contribution is 2.21. The molecule has 3 N–H and O–H groups in total. The third-order valence-corrected chi connectivity index (χ3v) is 4.34. The number of aromatic amines is 1. The van der Waals surface area contributed by atoms with Gasteiger partial charge in [0.15, 0.2) is 0 Å². The summed E-state index contributed by atoms with van der Waals surface area (Å²) < 4.78 is 13.8. The molecule has 0 fully saturated rings. The summed E-state index contributed by atoms with van der Waals surface area (Å²) in [4.78, 5) is 14.7. The summed E-state index contributed by atoms with van der Waals surface area (Å²) >= 11 is 5.98. The fraction of sp³-hybridized carbons (Fsp3) is 0.167. The SMILES string of the molecule is O=C(O)[C@@H](Cc1c[nH]c2ccccc12)NCc1c(F)cccc1Cl. The van der Waals surface area contributed by atoms with Gasteiger partial charge in [0.05, 0.1) is 0 Å². The smallest absolute Gasteiger partial charge is 0.321 e. The van der Waals surface area contributed by atoms with Crippen LogP contribution >= 0.6 is 11.6 Å². The van der Waals surface area contributed by atoms with Crippen LogP contribution in [0.1, 0.15) is 11.1 Å². The van der Waals surface area contributed by atoms with E-state index in [1.807, 2.05) is 24.3 Å². The quantitative estimate of drug-likeness (QED) is 0.637. The molecule has 3 rings (SSSR count). The molecule has 0 saturated carbocycles. The second-order valence-corrected chi connectivity index (χ2v) is 5.94. The molecule has 1 heterocycles. The zero-order chi connectivity index (χ0) is 17.1. The number of aromatic nitrogens is 1. The lowest BCUT2D eigenvalue weighted by molar-refractivity contribution is -0.139. The minimum Gasteiger partial charge on any atom is -0.480 e. The Labute approximate surface area is 143 Å². The second-order valence-electron chi connectivity index (χ2n) is 5.54. The van der Waals surface area contributed by atoms with E-state index in [1.165, 1.54) is 12.1 Å². The van der Waals surface area contributed by atoms with Gasteiger partial charge < -0.3 is 10.1 Å². The van der Waals surface area contributed by atoms with Gasteiger partial charge in [-0.2, -0.15) is 0 Å². The molecule has 0 saturated heterocycles. The van der Waals surface area contributed by atoms with E-state index >= 15 is 0 Å². The lowest BCUT2D eigenvalue weighted by atomic mass is 10.0. The Morgan fingerprint density at radius 3 is 2.79 bits per heavy atom. The highest BCUT2D eigenvalue weighted by molar-refractivity contribution is 6.31. The van der Waals surface area contributed by atoms with Crippen molar-refractivity contribution in [3.05, 3.63) is 70.6 Å². The van der Waals surface area contributed by atoms with Gasteiger partial charge in [-0.1, -0.05) is 35.9 Å². The standard InChI is InChI=1S/C18H16ClFN2O2/c19-14-5-3-6-15(20)13(14)10-22-17(18(23)24)8-11-9-21-16-7-2-1-4-12(11)16/h1-7,9,17,21-22H,8,10H2,(H,23,24)/t17-/m1/s1. The summed E-state index contributed by atoms with van der Waals surface area (Å²) in [7, 11) is 0. The summed E-state index contributed by atoms with van der Waals surface area (Å²) in [5.41, 5.74) is 2.11. The Hall–Kier alpha value is -2.37. The minimum absolute atomic E-state index is 0.0465. The Morgan fingerprint density at radius 1 is 1.25 bits per heavy atom. The normalized spacial score (nSPS) is 12.4. The molecule has 0 aliphatic rings. The average molecular weight is 347 g/mol. The first-order valence-corrected chi connectivity index (χ1v) is 7.88. The van der Waals surface area contributed by atoms with Crippen molar-refractivity contribution in [2.75, 3.05) is 0 Å². The van der Waals surface area contributed by atoms with E-state index < -0.39 is 17.8 Å². The topological polar surface area (TPSA) is 65.1 Å². The lowest BCUT2D eigenvalue weighted by Crippen LogP contribution is -2.38. The van der Waals surface area contributed by atoms with E-state index in [-0.39, 0.29) is 23.6 Å². The van der Waals surface area contributed by atoms with E-state index in [1.54, 1.807) is 12.3 Å². The number of carbonyl (C=O) groups is 1. The molecule has 0 spiro atoms. The third kappa shape index (κ3) is 3.42. The monoisotopic (exact) mass is 346 g/mol. The molecule has 0 radical (unpaired) electrons. The number of H-pyrrole nitrogens is 1. The molecule has 0 aliphatic carbocycles. The van der Waals surface area contributed by atoms with Gasteiger partial charge in [0.1, 0.15) is 11.9 Å². The Bertz CT molecular complexity index is 858. The molecular formula is C18H16ClFN2O2. The van der Waals surface area contributed by atoms with Crippen LogP contribution in [0.15, 0.2) is 48.7 Å². The van der Waals surface area contributed by atoms with Crippen LogP contribution in [-0.2, 0) is 17.8 Å². The fourth-order valence-electron chi connectivity index (χ4n) is 2.69. The average Bonchev–Trinajstić information content (AvgIpc) is 2.96. The maximum atomic E-state index is 13.8. The molecule has 0 amide bonds. The molecule has 0 bridgehead atoms. The number of fused-ring (bicyclic) bond motifs is 1. The Balaban J connectivity index is 1.77. The molecular weight excluding hydrogens is 331 g/mol. The van der Waals surface area contributed by atoms with Crippen molar-refractivity contribution in [1.29, 1.82) is 0 Å². The predicted molar refractivity (Wildman–Crippen MR) is 91.7 cm³/mol. The van der Waals surface area contributed by atoms with Gasteiger partial charge in [-0.3, -0.25) is 10.1 Å². The van der Waals surface area contributed by atoms with Gasteiger partial charge in [-0.25, -0.2) is 4.39 Å². The van der Waals surface area contributed by atoms with E-state index in [9.17, 15) is 14.3 Å². The number of rotatable bonds is 6. The number of para-hydroxylation sites is 1. The number of hydrogen-bond acceptors (Lipinski definition) is 2. The molecule has 6 heteroatoms. The maximum absolute atomic E-state index is 13.8. The first kappa shape index (κ1) is 16.5. The van der Waals surface area contributed by atoms with E-state index in [4.69, 9.17) is 11.6 Å². The van der Waals surface area contributed by atoms with Gasteiger partial charge >= 0.3 is 5.97 Å². The first-order valence-electron chi connectivity index (χ1n) is 7.50. The van der Waals surface area contributed by atoms with Crippen LogP contribution in [0.5, 0.6) is 0 Å². The molecule has 1 aromatic heterocycles. The molecule has 24 heavy (non-hydrogen) atoms. The van der Waals surface area contributed by atoms with Gasteiger partial charge in [0, 0.05) is 40.7 Å². The Morgan fingerprint density at radius 2 is 2.04 bits per heavy atom. The molecule has 2 aromatic carbocycles. The summed E-state index contributed by atoms with van der Waals surface area (Å²) in [6.45, 7) is 0.0465. The van der Waals surface area contributed by atoms with Crippen molar-refractivity contribution < 1.29 is 14.3 Å². The van der Waals surface area contributed by atoms with Gasteiger partial charge in [0.2, 0.25) is 0 Å². The van der Waals surface area contributed by atoms with Gasteiger partial charge in [0.25, 0.3) is 0 Å². The summed E-state index contributed by atoms with van der Waals surface area (Å²) in [6.07, 6.45) is 2.09. The number of carboxylic acid groups (broad SMARTS) is 1. The van der Waals surface area contributed by atoms with Crippen LogP contribution < -0.4 is 5.32 Å². The van der Waals surface area contributed by atoms with Crippen LogP contribution in [0, 0.1) is 5.82 Å². The predicted octanol–water partition coefficient (Wildman–Crippen LogP) is 3.75. The van der Waals surface area contributed by atoms with E-state index in [2.05, 4.69) is 10.3 Å². The number of nitrogens with one attached hydrogen (secondary N) is 2. The number of benzene rings is 2. The third-order valence-electron chi connectivity index (χ3n) is 3.98. The highest BCUT2D eigenvalue weighted by atomic mass is 35.5. The number of hydrogen-bond donors (Lipinski definition) is 3. The van der Waals surface area contributed by atoms with Crippen molar-refractivity contribution in [2.45, 2.75) is 19.0 Å². The van der Waals surface area contributed by atoms with Crippen molar-refractivity contribution in [3.8, 4) is 0 Å². The Kier molecular flexibility index (Phi) is 4.83. The van der Waals surface area contributed by atoms with Crippen LogP contribution in [-0.4, -0.2) is 22.1 Å². The minimum atomic E-state index is -0.993. The highest BCUT2D eigenvalue weighted by Gasteiger charge is 2.20. The maximum Gasteiger partial charge on any atom is 0.321 e. The fourth-order valence-corrected chi connectivity index (χ4v) is 2.92. The van der Waals surface area contributed by atoms with Crippen LogP contribution in [0.3, 0.4) is 0 Å². The van der Waals surface area contributed by atoms with Crippen molar-refractivity contribution in [1.82, 2.24) is 10.3 Å². The number of aliphatic carboxylic acids is 1. The zero-order valence-electron chi connectivity index (χ0n) is 12.7. The van der Waals surface area contributed by atoms with E-state index in [0.29, 0.717) is 0 Å². The van der Waals surface area contributed by atoms with Gasteiger partial charge in [-0.15, -0.1) is 0 Å². The molecule has 0 aliphatic heterocycles. The van der Waals surface area contributed by atoms with Gasteiger partial charge in [-0.05, 0) is 23.8 Å². The molecule has 4 nitrogen and oxygen atoms in total. The summed E-state index contributed by atoms with van der Waals surface area (Å²) in [6, 6.07) is 11.2. The molecule has 3 aromatic rings. The van der Waals surface area contributed by atoms with Crippen molar-refractivity contribution >= 4 is 28.5 Å². The molecule has 0 unspecified atom stereocenters. The van der Waals surface area contributed by atoms with E-state index in [0.717, 1.165) is 16.5 Å². The number of halogens is 2. The van der Waals surface area contributed by atoms with Crippen molar-refractivity contribution in [2.24, 2.45) is 0 Å². The largest absolute Gasteiger partial charge is 0.480 e. The lowest BCUT2D eigenvalue weighted by Gasteiger charge is -2.15. The van der Waals surface area contributed by atoms with Crippen LogP contribution in [0.25, 0.3) is 10.9 Å². The summed E-state index contributed by atoms with van der Waals surface area (Å²) in [5, 5.41) is 13.6. The molecule has 124 valence electrons. The second kappa shape index (κ2) is 7.03. The van der Waals surface area contributed by atoms with Crippen molar-refractivity contribution in [3.63, 3.8) is 0 Å². The first-order chi connectivity index (χ1) is 11.6. The molecule has 1 atom stereocenters. The van der Waals surface area contributed by atoms with Crippen LogP contribution in [0.2, 0.25) is 5.02 Å². The zero-order valence-corrected chi connectivity index (χ0v) is 13.5. The van der Waals surface area contributed by atoms with Crippen LogP contribution in [0.4, 0.5) is 4.39 Å². The number of carboxylic acids is 1.